The summed E-state index contributed by atoms with van der Waals surface area (Å²) in [5, 5.41) is 10.3. The van der Waals surface area contributed by atoms with Crippen LogP contribution in [0.25, 0.3) is 0 Å². The van der Waals surface area contributed by atoms with E-state index in [1.807, 2.05) is 19.9 Å². The molecule has 1 amide bonds. The Labute approximate surface area is 182 Å². The zero-order valence-corrected chi connectivity index (χ0v) is 17.6. The van der Waals surface area contributed by atoms with Crippen LogP contribution in [0.5, 0.6) is 0 Å². The summed E-state index contributed by atoms with van der Waals surface area (Å²) in [5.74, 6) is -0.430. The molecule has 2 heterocycles. The number of amides is 1. The van der Waals surface area contributed by atoms with Gasteiger partial charge in [0.2, 0.25) is 0 Å². The average molecular weight is 449 g/mol. The third-order valence-electron chi connectivity index (χ3n) is 5.55. The molecule has 0 fully saturated rings. The van der Waals surface area contributed by atoms with Crippen molar-refractivity contribution in [3.63, 3.8) is 0 Å². The highest BCUT2D eigenvalue weighted by Gasteiger charge is 2.46. The van der Waals surface area contributed by atoms with Crippen molar-refractivity contribution in [3.05, 3.63) is 75.9 Å². The highest BCUT2D eigenvalue weighted by molar-refractivity contribution is 6.30. The first kappa shape index (κ1) is 21.2. The Morgan fingerprint density at radius 3 is 2.58 bits per heavy atom. The van der Waals surface area contributed by atoms with E-state index < -0.39 is 24.2 Å². The van der Waals surface area contributed by atoms with Crippen LogP contribution in [0, 0.1) is 13.8 Å². The van der Waals surface area contributed by atoms with Crippen molar-refractivity contribution in [1.29, 1.82) is 0 Å². The maximum absolute atomic E-state index is 13.8. The van der Waals surface area contributed by atoms with Gasteiger partial charge in [0.15, 0.2) is 11.7 Å². The molecule has 1 aliphatic heterocycles. The molecule has 0 spiro atoms. The molecule has 0 saturated heterocycles. The largest absolute Gasteiger partial charge is 0.410 e. The Morgan fingerprint density at radius 2 is 1.90 bits per heavy atom. The van der Waals surface area contributed by atoms with Crippen LogP contribution in [0.1, 0.15) is 45.7 Å². The Kier molecular flexibility index (Phi) is 5.43. The number of alkyl halides is 3. The van der Waals surface area contributed by atoms with E-state index in [9.17, 15) is 18.0 Å². The van der Waals surface area contributed by atoms with E-state index in [1.165, 1.54) is 6.07 Å². The fraction of sp³-hybridized carbons (Fsp3) is 0.273. The number of carbonyl (C=O) groups is 1. The Balaban J connectivity index is 1.65. The molecular formula is C22H20ClF3N4O. The number of hydrogen-bond acceptors (Lipinski definition) is 3. The van der Waals surface area contributed by atoms with Gasteiger partial charge in [0, 0.05) is 23.2 Å². The van der Waals surface area contributed by atoms with Crippen molar-refractivity contribution >= 4 is 29.0 Å². The molecule has 0 saturated carbocycles. The van der Waals surface area contributed by atoms with Gasteiger partial charge < -0.3 is 10.6 Å². The van der Waals surface area contributed by atoms with Gasteiger partial charge in [0.1, 0.15) is 5.82 Å². The predicted molar refractivity (Wildman–Crippen MR) is 114 cm³/mol. The predicted octanol–water partition coefficient (Wildman–Crippen LogP) is 6.07. The number of carbonyl (C=O) groups excluding carboxylic acids is 1. The number of benzene rings is 2. The summed E-state index contributed by atoms with van der Waals surface area (Å²) in [5.41, 5.74) is 3.05. The molecule has 1 aromatic heterocycles. The molecule has 0 radical (unpaired) electrons. The van der Waals surface area contributed by atoms with Crippen molar-refractivity contribution in [2.75, 3.05) is 10.6 Å². The van der Waals surface area contributed by atoms with Crippen molar-refractivity contribution in [3.8, 4) is 0 Å². The van der Waals surface area contributed by atoms with Crippen LogP contribution in [0.2, 0.25) is 5.02 Å². The smallest absolute Gasteiger partial charge is 0.363 e. The van der Waals surface area contributed by atoms with E-state index >= 15 is 0 Å². The fourth-order valence-electron chi connectivity index (χ4n) is 3.67. The molecule has 0 bridgehead atoms. The van der Waals surface area contributed by atoms with Gasteiger partial charge in [-0.05, 0) is 48.7 Å². The van der Waals surface area contributed by atoms with Crippen LogP contribution < -0.4 is 10.6 Å². The van der Waals surface area contributed by atoms with Gasteiger partial charge in [0.05, 0.1) is 6.04 Å². The number of halogens is 4. The third-order valence-corrected chi connectivity index (χ3v) is 5.80. The number of nitrogens with zero attached hydrogens (tertiary/aromatic N) is 2. The normalized spacial score (nSPS) is 18.3. The molecule has 0 unspecified atom stereocenters. The fourth-order valence-corrected chi connectivity index (χ4v) is 3.80. The van der Waals surface area contributed by atoms with E-state index in [4.69, 9.17) is 11.6 Å². The SMILES string of the molecule is Cc1cccc(NC(=O)c2cc3n(n2)[C@H](C(F)(F)F)C[C@@H](c2ccc(Cl)cc2)N3)c1C. The number of aryl methyl sites for hydroxylation is 1. The first-order chi connectivity index (χ1) is 14.6. The summed E-state index contributed by atoms with van der Waals surface area (Å²) < 4.78 is 42.3. The van der Waals surface area contributed by atoms with Gasteiger partial charge in [0.25, 0.3) is 5.91 Å². The van der Waals surface area contributed by atoms with Gasteiger partial charge in [-0.25, -0.2) is 4.68 Å². The van der Waals surface area contributed by atoms with E-state index in [1.54, 1.807) is 36.4 Å². The van der Waals surface area contributed by atoms with Gasteiger partial charge in [-0.3, -0.25) is 4.79 Å². The summed E-state index contributed by atoms with van der Waals surface area (Å²) in [4.78, 5) is 12.7. The average Bonchev–Trinajstić information content (AvgIpc) is 3.14. The highest BCUT2D eigenvalue weighted by atomic mass is 35.5. The number of hydrogen-bond donors (Lipinski definition) is 2. The lowest BCUT2D eigenvalue weighted by atomic mass is 9.97. The maximum Gasteiger partial charge on any atom is 0.410 e. The van der Waals surface area contributed by atoms with Gasteiger partial charge in [-0.2, -0.15) is 18.3 Å². The number of nitrogens with one attached hydrogen (secondary N) is 2. The second-order valence-corrected chi connectivity index (χ2v) is 8.04. The van der Waals surface area contributed by atoms with E-state index in [2.05, 4.69) is 15.7 Å². The lowest BCUT2D eigenvalue weighted by molar-refractivity contribution is -0.173. The maximum atomic E-state index is 13.8. The molecule has 2 atom stereocenters. The van der Waals surface area contributed by atoms with E-state index in [0.717, 1.165) is 15.8 Å². The lowest BCUT2D eigenvalue weighted by Crippen LogP contribution is -2.35. The first-order valence-corrected chi connectivity index (χ1v) is 10.1. The summed E-state index contributed by atoms with van der Waals surface area (Å²) in [7, 11) is 0. The second-order valence-electron chi connectivity index (χ2n) is 7.60. The molecule has 1 aliphatic rings. The molecule has 0 aliphatic carbocycles. The Hall–Kier alpha value is -3.00. The zero-order valence-electron chi connectivity index (χ0n) is 16.8. The van der Waals surface area contributed by atoms with Crippen molar-refractivity contribution in [2.24, 2.45) is 0 Å². The molecule has 3 aromatic rings. The Morgan fingerprint density at radius 1 is 1.19 bits per heavy atom. The van der Waals surface area contributed by atoms with E-state index in [0.29, 0.717) is 16.3 Å². The zero-order chi connectivity index (χ0) is 22.3. The third kappa shape index (κ3) is 4.25. The van der Waals surface area contributed by atoms with Gasteiger partial charge in [-0.15, -0.1) is 0 Å². The molecule has 162 valence electrons. The summed E-state index contributed by atoms with van der Waals surface area (Å²) in [6.45, 7) is 3.77. The van der Waals surface area contributed by atoms with Crippen LogP contribution in [-0.2, 0) is 0 Å². The van der Waals surface area contributed by atoms with Crippen molar-refractivity contribution in [2.45, 2.75) is 38.5 Å². The minimum Gasteiger partial charge on any atom is -0.363 e. The number of fused-ring (bicyclic) bond motifs is 1. The topological polar surface area (TPSA) is 59.0 Å². The minimum atomic E-state index is -4.52. The van der Waals surface area contributed by atoms with Crippen LogP contribution in [0.15, 0.2) is 48.5 Å². The molecule has 5 nitrogen and oxygen atoms in total. The van der Waals surface area contributed by atoms with Crippen LogP contribution in [-0.4, -0.2) is 21.9 Å². The molecule has 31 heavy (non-hydrogen) atoms. The molecule has 2 aromatic carbocycles. The van der Waals surface area contributed by atoms with E-state index in [-0.39, 0.29) is 17.9 Å². The summed E-state index contributed by atoms with van der Waals surface area (Å²) in [6.07, 6.45) is -4.77. The molecular weight excluding hydrogens is 429 g/mol. The lowest BCUT2D eigenvalue weighted by Gasteiger charge is -2.33. The molecule has 9 heteroatoms. The van der Waals surface area contributed by atoms with Crippen LogP contribution in [0.4, 0.5) is 24.7 Å². The molecule has 4 rings (SSSR count). The Bertz CT molecular complexity index is 1120. The van der Waals surface area contributed by atoms with Crippen LogP contribution in [0.3, 0.4) is 0 Å². The second kappa shape index (κ2) is 7.92. The highest BCUT2D eigenvalue weighted by Crippen LogP contribution is 2.43. The van der Waals surface area contributed by atoms with Crippen LogP contribution >= 0.6 is 11.6 Å². The summed E-state index contributed by atoms with van der Waals surface area (Å²) in [6, 6.07) is 11.0. The monoisotopic (exact) mass is 448 g/mol. The van der Waals surface area contributed by atoms with Gasteiger partial charge >= 0.3 is 6.18 Å². The number of rotatable bonds is 3. The van der Waals surface area contributed by atoms with Crippen molar-refractivity contribution < 1.29 is 18.0 Å². The summed E-state index contributed by atoms with van der Waals surface area (Å²) >= 11 is 5.90. The van der Waals surface area contributed by atoms with Crippen molar-refractivity contribution in [1.82, 2.24) is 9.78 Å². The number of aromatic nitrogens is 2. The van der Waals surface area contributed by atoms with Gasteiger partial charge in [-0.1, -0.05) is 35.9 Å². The molecule has 2 N–H and O–H groups in total. The minimum absolute atomic E-state index is 0.0885. The first-order valence-electron chi connectivity index (χ1n) is 9.69. The standard InChI is InChI=1S/C22H20ClF3N4O/c1-12-4-3-5-16(13(12)2)28-21(31)18-11-20-27-17(14-6-8-15(23)9-7-14)10-19(22(24,25)26)30(20)29-18/h3-9,11,17,19,27H,10H2,1-2H3,(H,28,31)/t17-,19-/m0/s1. The quantitative estimate of drug-likeness (QED) is 0.511. The number of anilines is 2.